The summed E-state index contributed by atoms with van der Waals surface area (Å²) in [6.45, 7) is 0.993. The Kier molecular flexibility index (Phi) is 3.65. The van der Waals surface area contributed by atoms with Crippen molar-refractivity contribution in [1.82, 2.24) is 3.11 Å². The molecule has 1 aromatic rings. The van der Waals surface area contributed by atoms with E-state index in [1.807, 2.05) is 18.2 Å². The average Bonchev–Trinajstić information content (AvgIpc) is 2.44. The molecule has 0 radical (unpaired) electrons. The number of benzene rings is 1. The molecule has 1 N–H and O–H groups in total. The predicted molar refractivity (Wildman–Crippen MR) is 81.4 cm³/mol. The van der Waals surface area contributed by atoms with Gasteiger partial charge in [0.15, 0.2) is 0 Å². The zero-order valence-corrected chi connectivity index (χ0v) is 12.7. The second kappa shape index (κ2) is 5.10. The maximum absolute atomic E-state index is 11.2. The van der Waals surface area contributed by atoms with Gasteiger partial charge in [0, 0.05) is 41.4 Å². The van der Waals surface area contributed by atoms with E-state index < -0.39 is 5.60 Å². The van der Waals surface area contributed by atoms with Crippen LogP contribution in [0.4, 0.5) is 0 Å². The summed E-state index contributed by atoms with van der Waals surface area (Å²) in [6, 6.07) is 10.9. The number of fused-ring (bicyclic) bond motifs is 1. The van der Waals surface area contributed by atoms with Crippen molar-refractivity contribution < 1.29 is 5.11 Å². The van der Waals surface area contributed by atoms with Crippen molar-refractivity contribution in [2.24, 2.45) is 5.92 Å². The molecule has 1 saturated heterocycles. The van der Waals surface area contributed by atoms with Crippen molar-refractivity contribution in [3.63, 3.8) is 0 Å². The van der Waals surface area contributed by atoms with Gasteiger partial charge < -0.3 is 5.11 Å². The molecule has 3 atom stereocenters. The molecule has 1 aliphatic heterocycles. The molecule has 0 aromatic heterocycles. The van der Waals surface area contributed by atoms with E-state index in [1.54, 1.807) is 0 Å². The topological polar surface area (TPSA) is 23.5 Å². The summed E-state index contributed by atoms with van der Waals surface area (Å²) in [4.78, 5) is 0. The third-order valence-corrected chi connectivity index (χ3v) is 5.88. The third-order valence-electron chi connectivity index (χ3n) is 4.68. The normalized spacial score (nSPS) is 37.2. The summed E-state index contributed by atoms with van der Waals surface area (Å²) >= 11 is 2.45. The van der Waals surface area contributed by atoms with Crippen LogP contribution in [0.1, 0.15) is 37.7 Å². The molecule has 18 heavy (non-hydrogen) atoms. The van der Waals surface area contributed by atoms with Gasteiger partial charge in [-0.1, -0.05) is 43.2 Å². The fraction of sp³-hybridized carbons (Fsp3) is 0.600. The van der Waals surface area contributed by atoms with Crippen LogP contribution in [0.25, 0.3) is 0 Å². The van der Waals surface area contributed by atoms with E-state index in [9.17, 15) is 5.11 Å². The minimum atomic E-state index is -0.603. The molecule has 2 nitrogen and oxygen atoms in total. The van der Waals surface area contributed by atoms with Crippen molar-refractivity contribution in [3.8, 4) is 0 Å². The first-order valence-electron chi connectivity index (χ1n) is 6.92. The zero-order valence-electron chi connectivity index (χ0n) is 10.6. The monoisotopic (exact) mass is 357 g/mol. The Bertz CT molecular complexity index is 410. The van der Waals surface area contributed by atoms with Crippen LogP contribution < -0.4 is 0 Å². The van der Waals surface area contributed by atoms with Crippen LogP contribution >= 0.6 is 22.9 Å². The Morgan fingerprint density at radius 3 is 2.67 bits per heavy atom. The Labute approximate surface area is 123 Å². The molecule has 3 heteroatoms. The van der Waals surface area contributed by atoms with Gasteiger partial charge in [0.05, 0.1) is 5.60 Å². The molecule has 98 valence electrons. The number of halogens is 1. The Hall–Kier alpha value is -0.130. The molecule has 0 bridgehead atoms. The SMILES string of the molecule is OC1(c2ccccc2)CCN(I)C2CCCCC21. The van der Waals surface area contributed by atoms with Gasteiger partial charge in [-0.05, 0) is 24.8 Å². The highest BCUT2D eigenvalue weighted by Gasteiger charge is 2.48. The number of aliphatic hydroxyl groups is 1. The molecule has 3 unspecified atom stereocenters. The smallest absolute Gasteiger partial charge is 0.0952 e. The molecule has 3 rings (SSSR count). The quantitative estimate of drug-likeness (QED) is 0.615. The van der Waals surface area contributed by atoms with E-state index in [0.717, 1.165) is 24.9 Å². The van der Waals surface area contributed by atoms with Gasteiger partial charge in [-0.15, -0.1) is 0 Å². The maximum atomic E-state index is 11.2. The predicted octanol–water partition coefficient (Wildman–Crippen LogP) is 3.49. The molecule has 2 aliphatic rings. The van der Waals surface area contributed by atoms with E-state index in [0.29, 0.717) is 12.0 Å². The van der Waals surface area contributed by atoms with Crippen LogP contribution in [0, 0.1) is 5.92 Å². The summed E-state index contributed by atoms with van der Waals surface area (Å²) in [5, 5.41) is 11.2. The van der Waals surface area contributed by atoms with Gasteiger partial charge in [-0.2, -0.15) is 0 Å². The molecule has 1 saturated carbocycles. The highest BCUT2D eigenvalue weighted by atomic mass is 127. The van der Waals surface area contributed by atoms with Crippen molar-refractivity contribution >= 4 is 22.9 Å². The van der Waals surface area contributed by atoms with E-state index >= 15 is 0 Å². The zero-order chi connectivity index (χ0) is 12.6. The highest BCUT2D eigenvalue weighted by Crippen LogP contribution is 2.47. The minimum Gasteiger partial charge on any atom is -0.385 e. The average molecular weight is 357 g/mol. The Morgan fingerprint density at radius 1 is 1.17 bits per heavy atom. The van der Waals surface area contributed by atoms with Gasteiger partial charge in [-0.3, -0.25) is 0 Å². The molecular weight excluding hydrogens is 337 g/mol. The lowest BCUT2D eigenvalue weighted by atomic mass is 9.67. The second-order valence-corrected chi connectivity index (χ2v) is 6.86. The van der Waals surface area contributed by atoms with Crippen LogP contribution in [0.3, 0.4) is 0 Å². The van der Waals surface area contributed by atoms with Crippen LogP contribution in [0.15, 0.2) is 30.3 Å². The van der Waals surface area contributed by atoms with Gasteiger partial charge in [0.25, 0.3) is 0 Å². The van der Waals surface area contributed by atoms with Gasteiger partial charge in [0.1, 0.15) is 0 Å². The van der Waals surface area contributed by atoms with Crippen LogP contribution in [-0.4, -0.2) is 20.8 Å². The van der Waals surface area contributed by atoms with Gasteiger partial charge in [0.2, 0.25) is 0 Å². The lowest BCUT2D eigenvalue weighted by Crippen LogP contribution is -2.54. The van der Waals surface area contributed by atoms with Crippen LogP contribution in [-0.2, 0) is 5.60 Å². The van der Waals surface area contributed by atoms with Crippen molar-refractivity contribution in [1.29, 1.82) is 0 Å². The number of nitrogens with zero attached hydrogens (tertiary/aromatic N) is 1. The lowest BCUT2D eigenvalue weighted by Gasteiger charge is -2.50. The van der Waals surface area contributed by atoms with E-state index in [-0.39, 0.29) is 0 Å². The molecule has 0 amide bonds. The minimum absolute atomic E-state index is 0.402. The van der Waals surface area contributed by atoms with Crippen LogP contribution in [0.2, 0.25) is 0 Å². The molecule has 1 aliphatic carbocycles. The standard InChI is InChI=1S/C15H20INO/c16-17-11-10-15(18,12-6-2-1-3-7-12)13-8-4-5-9-14(13)17/h1-3,6-7,13-14,18H,4-5,8-11H2. The van der Waals surface area contributed by atoms with Gasteiger partial charge in [-0.25, -0.2) is 3.11 Å². The number of hydrogen-bond acceptors (Lipinski definition) is 2. The summed E-state index contributed by atoms with van der Waals surface area (Å²) in [5.41, 5.74) is 0.514. The van der Waals surface area contributed by atoms with E-state index in [1.165, 1.54) is 19.3 Å². The van der Waals surface area contributed by atoms with E-state index in [2.05, 4.69) is 38.1 Å². The number of hydrogen-bond donors (Lipinski definition) is 1. The first kappa shape index (κ1) is 12.9. The summed E-state index contributed by atoms with van der Waals surface area (Å²) in [5.74, 6) is 0.402. The van der Waals surface area contributed by atoms with Crippen molar-refractivity contribution in [2.75, 3.05) is 6.54 Å². The maximum Gasteiger partial charge on any atom is 0.0952 e. The van der Waals surface area contributed by atoms with E-state index in [4.69, 9.17) is 0 Å². The van der Waals surface area contributed by atoms with Gasteiger partial charge >= 0.3 is 0 Å². The first-order chi connectivity index (χ1) is 8.72. The summed E-state index contributed by atoms with van der Waals surface area (Å²) in [6.07, 6.45) is 5.84. The second-order valence-electron chi connectivity index (χ2n) is 5.62. The third kappa shape index (κ3) is 2.10. The summed E-state index contributed by atoms with van der Waals surface area (Å²) < 4.78 is 2.43. The van der Waals surface area contributed by atoms with Crippen LogP contribution in [0.5, 0.6) is 0 Å². The lowest BCUT2D eigenvalue weighted by molar-refractivity contribution is -0.0946. The fourth-order valence-electron chi connectivity index (χ4n) is 3.72. The molecule has 1 heterocycles. The largest absolute Gasteiger partial charge is 0.385 e. The Morgan fingerprint density at radius 2 is 1.89 bits per heavy atom. The van der Waals surface area contributed by atoms with Crippen molar-refractivity contribution in [2.45, 2.75) is 43.7 Å². The summed E-state index contributed by atoms with van der Waals surface area (Å²) in [7, 11) is 0. The van der Waals surface area contributed by atoms with Crippen molar-refractivity contribution in [3.05, 3.63) is 35.9 Å². The molecule has 0 spiro atoms. The molecular formula is C15H20INO. The first-order valence-corrected chi connectivity index (χ1v) is 7.88. The number of rotatable bonds is 1. The molecule has 1 aromatic carbocycles. The molecule has 2 fully saturated rings. The highest BCUT2D eigenvalue weighted by molar-refractivity contribution is 14.1. The fourth-order valence-corrected chi connectivity index (χ4v) is 4.63. The number of piperidine rings is 1. The Balaban J connectivity index is 1.95.